The maximum atomic E-state index is 5.15. The largest absolute Gasteiger partial charge is 0.385 e. The van der Waals surface area contributed by atoms with E-state index in [-0.39, 0.29) is 0 Å². The van der Waals surface area contributed by atoms with Gasteiger partial charge in [0.25, 0.3) is 0 Å². The van der Waals surface area contributed by atoms with Crippen LogP contribution in [0, 0.1) is 0 Å². The molecule has 0 saturated carbocycles. The van der Waals surface area contributed by atoms with Crippen molar-refractivity contribution in [1.82, 2.24) is 5.32 Å². The van der Waals surface area contributed by atoms with E-state index >= 15 is 0 Å². The van der Waals surface area contributed by atoms with E-state index < -0.39 is 0 Å². The van der Waals surface area contributed by atoms with Crippen molar-refractivity contribution in [1.29, 1.82) is 0 Å². The van der Waals surface area contributed by atoms with E-state index in [1.165, 1.54) is 18.4 Å². The summed E-state index contributed by atoms with van der Waals surface area (Å²) in [6.07, 6.45) is 3.46. The summed E-state index contributed by atoms with van der Waals surface area (Å²) in [5.41, 5.74) is 1.41. The molecule has 0 aliphatic rings. The average molecular weight is 314 g/mol. The lowest BCUT2D eigenvalue weighted by molar-refractivity contribution is 0.190. The van der Waals surface area contributed by atoms with E-state index in [2.05, 4.69) is 52.4 Å². The summed E-state index contributed by atoms with van der Waals surface area (Å²) >= 11 is 3.55. The lowest BCUT2D eigenvalue weighted by atomic mass is 9.94. The topological polar surface area (TPSA) is 21.3 Å². The van der Waals surface area contributed by atoms with Crippen LogP contribution in [0.2, 0.25) is 0 Å². The predicted molar refractivity (Wildman–Crippen MR) is 81.2 cm³/mol. The molecule has 102 valence electrons. The van der Waals surface area contributed by atoms with E-state index in [4.69, 9.17) is 4.74 Å². The van der Waals surface area contributed by atoms with Gasteiger partial charge in [0.1, 0.15) is 0 Å². The second kappa shape index (κ2) is 9.54. The van der Waals surface area contributed by atoms with Gasteiger partial charge >= 0.3 is 0 Å². The third kappa shape index (κ3) is 5.98. The molecule has 1 aromatic rings. The summed E-state index contributed by atoms with van der Waals surface area (Å²) in [6.45, 7) is 5.19. The van der Waals surface area contributed by atoms with E-state index in [0.29, 0.717) is 5.92 Å². The summed E-state index contributed by atoms with van der Waals surface area (Å²) in [5.74, 6) is 0.573. The Balaban J connectivity index is 2.57. The van der Waals surface area contributed by atoms with Crippen LogP contribution in [0.15, 0.2) is 28.7 Å². The van der Waals surface area contributed by atoms with Crippen LogP contribution >= 0.6 is 15.9 Å². The van der Waals surface area contributed by atoms with Gasteiger partial charge in [0.2, 0.25) is 0 Å². The number of hydrogen-bond acceptors (Lipinski definition) is 2. The fraction of sp³-hybridized carbons (Fsp3) is 0.600. The van der Waals surface area contributed by atoms with Gasteiger partial charge in [0.15, 0.2) is 0 Å². The molecule has 1 rings (SSSR count). The molecule has 0 aliphatic heterocycles. The fourth-order valence-electron chi connectivity index (χ4n) is 2.07. The molecule has 0 saturated heterocycles. The average Bonchev–Trinajstić information content (AvgIpc) is 2.37. The van der Waals surface area contributed by atoms with Crippen LogP contribution < -0.4 is 5.32 Å². The van der Waals surface area contributed by atoms with Gasteiger partial charge in [-0.1, -0.05) is 35.0 Å². The Kier molecular flexibility index (Phi) is 8.31. The molecule has 0 amide bonds. The zero-order valence-electron chi connectivity index (χ0n) is 11.4. The quantitative estimate of drug-likeness (QED) is 0.697. The number of ether oxygens (including phenoxy) is 1. The Labute approximate surface area is 119 Å². The van der Waals surface area contributed by atoms with Crippen LogP contribution in [0.4, 0.5) is 0 Å². The Morgan fingerprint density at radius 3 is 2.89 bits per heavy atom. The molecule has 0 spiro atoms. The minimum absolute atomic E-state index is 0.573. The van der Waals surface area contributed by atoms with Crippen molar-refractivity contribution in [2.75, 3.05) is 26.8 Å². The molecule has 3 heteroatoms. The van der Waals surface area contributed by atoms with Crippen molar-refractivity contribution in [3.63, 3.8) is 0 Å². The van der Waals surface area contributed by atoms with Crippen molar-refractivity contribution >= 4 is 15.9 Å². The fourth-order valence-corrected chi connectivity index (χ4v) is 2.49. The predicted octanol–water partition coefficient (Wildman–Crippen LogP) is 3.96. The van der Waals surface area contributed by atoms with Crippen LogP contribution in [0.5, 0.6) is 0 Å². The molecule has 1 atom stereocenters. The number of nitrogens with one attached hydrogen (secondary N) is 1. The third-order valence-electron chi connectivity index (χ3n) is 3.04. The van der Waals surface area contributed by atoms with Crippen LogP contribution in [0.25, 0.3) is 0 Å². The number of halogens is 1. The lowest BCUT2D eigenvalue weighted by Crippen LogP contribution is -2.22. The van der Waals surface area contributed by atoms with Crippen LogP contribution in [0.3, 0.4) is 0 Å². The van der Waals surface area contributed by atoms with Gasteiger partial charge in [-0.25, -0.2) is 0 Å². The first-order valence-electron chi connectivity index (χ1n) is 6.73. The SMILES string of the molecule is CCCNCC(CCCOC)c1cccc(Br)c1. The Bertz CT molecular complexity index is 320. The minimum Gasteiger partial charge on any atom is -0.385 e. The zero-order chi connectivity index (χ0) is 13.2. The third-order valence-corrected chi connectivity index (χ3v) is 3.53. The normalized spacial score (nSPS) is 12.6. The molecule has 18 heavy (non-hydrogen) atoms. The van der Waals surface area contributed by atoms with E-state index in [1.807, 2.05) is 0 Å². The van der Waals surface area contributed by atoms with Gasteiger partial charge in [-0.2, -0.15) is 0 Å². The highest BCUT2D eigenvalue weighted by atomic mass is 79.9. The van der Waals surface area contributed by atoms with Crippen molar-refractivity contribution in [2.24, 2.45) is 0 Å². The molecule has 0 aliphatic carbocycles. The van der Waals surface area contributed by atoms with Gasteiger partial charge in [0, 0.05) is 24.7 Å². The Hall–Kier alpha value is -0.380. The van der Waals surface area contributed by atoms with E-state index in [0.717, 1.165) is 30.6 Å². The maximum Gasteiger partial charge on any atom is 0.0462 e. The highest BCUT2D eigenvalue weighted by molar-refractivity contribution is 9.10. The van der Waals surface area contributed by atoms with Gasteiger partial charge < -0.3 is 10.1 Å². The van der Waals surface area contributed by atoms with Gasteiger partial charge in [-0.3, -0.25) is 0 Å². The molecule has 1 N–H and O–H groups in total. The molecule has 0 bridgehead atoms. The van der Waals surface area contributed by atoms with E-state index in [9.17, 15) is 0 Å². The first-order chi connectivity index (χ1) is 8.77. The maximum absolute atomic E-state index is 5.15. The monoisotopic (exact) mass is 313 g/mol. The first-order valence-corrected chi connectivity index (χ1v) is 7.52. The second-order valence-corrected chi connectivity index (χ2v) is 5.51. The molecule has 0 radical (unpaired) electrons. The molecular formula is C15H24BrNO. The highest BCUT2D eigenvalue weighted by Crippen LogP contribution is 2.23. The van der Waals surface area contributed by atoms with Crippen molar-refractivity contribution in [2.45, 2.75) is 32.1 Å². The van der Waals surface area contributed by atoms with Gasteiger partial charge in [-0.15, -0.1) is 0 Å². The molecule has 2 nitrogen and oxygen atoms in total. The molecule has 1 aromatic carbocycles. The van der Waals surface area contributed by atoms with Crippen molar-refractivity contribution in [3.8, 4) is 0 Å². The van der Waals surface area contributed by atoms with Crippen molar-refractivity contribution in [3.05, 3.63) is 34.3 Å². The van der Waals surface area contributed by atoms with Crippen LogP contribution in [0.1, 0.15) is 37.7 Å². The summed E-state index contributed by atoms with van der Waals surface area (Å²) in [4.78, 5) is 0. The van der Waals surface area contributed by atoms with Crippen LogP contribution in [-0.4, -0.2) is 26.8 Å². The zero-order valence-corrected chi connectivity index (χ0v) is 13.0. The summed E-state index contributed by atoms with van der Waals surface area (Å²) in [6, 6.07) is 8.64. The van der Waals surface area contributed by atoms with Gasteiger partial charge in [0.05, 0.1) is 0 Å². The smallest absolute Gasteiger partial charge is 0.0462 e. The molecule has 0 heterocycles. The number of benzene rings is 1. The standard InChI is InChI=1S/C15H24BrNO/c1-3-9-17-12-14(7-5-10-18-2)13-6-4-8-15(16)11-13/h4,6,8,11,14,17H,3,5,7,9-10,12H2,1-2H3. The molecule has 0 fully saturated rings. The van der Waals surface area contributed by atoms with Crippen LogP contribution in [-0.2, 0) is 4.74 Å². The number of methoxy groups -OCH3 is 1. The molecule has 1 unspecified atom stereocenters. The Morgan fingerprint density at radius 1 is 1.39 bits per heavy atom. The summed E-state index contributed by atoms with van der Waals surface area (Å²) < 4.78 is 6.31. The first kappa shape index (κ1) is 15.7. The number of hydrogen-bond donors (Lipinski definition) is 1. The lowest BCUT2D eigenvalue weighted by Gasteiger charge is -2.18. The second-order valence-electron chi connectivity index (χ2n) is 4.59. The number of rotatable bonds is 9. The summed E-state index contributed by atoms with van der Waals surface area (Å²) in [5, 5.41) is 3.52. The van der Waals surface area contributed by atoms with Gasteiger partial charge in [-0.05, 0) is 49.4 Å². The minimum atomic E-state index is 0.573. The molecular weight excluding hydrogens is 290 g/mol. The Morgan fingerprint density at radius 2 is 2.22 bits per heavy atom. The molecule has 0 aromatic heterocycles. The van der Waals surface area contributed by atoms with E-state index in [1.54, 1.807) is 7.11 Å². The summed E-state index contributed by atoms with van der Waals surface area (Å²) in [7, 11) is 1.77. The van der Waals surface area contributed by atoms with Crippen molar-refractivity contribution < 1.29 is 4.74 Å². The highest BCUT2D eigenvalue weighted by Gasteiger charge is 2.11.